The van der Waals surface area contributed by atoms with Crippen molar-refractivity contribution >= 4 is 21.8 Å². The Hall–Kier alpha value is -0.630. The van der Waals surface area contributed by atoms with E-state index in [1.54, 1.807) is 11.8 Å². The first-order chi connectivity index (χ1) is 8.92. The van der Waals surface area contributed by atoms with Gasteiger partial charge in [-0.1, -0.05) is 6.07 Å². The predicted octanol–water partition coefficient (Wildman–Crippen LogP) is 1.46. The lowest BCUT2D eigenvalue weighted by Crippen LogP contribution is -2.32. The Kier molecular flexibility index (Phi) is 4.20. The summed E-state index contributed by atoms with van der Waals surface area (Å²) in [6.45, 7) is 0.514. The maximum absolute atomic E-state index is 13.7. The van der Waals surface area contributed by atoms with E-state index in [1.165, 1.54) is 12.1 Å². The molecule has 0 aromatic heterocycles. The summed E-state index contributed by atoms with van der Waals surface area (Å²) in [6.07, 6.45) is 3.93. The zero-order valence-corrected chi connectivity index (χ0v) is 12.3. The molecule has 3 N–H and O–H groups in total. The number of hydrogen-bond acceptors (Lipinski definition) is 4. The van der Waals surface area contributed by atoms with Gasteiger partial charge in [0.1, 0.15) is 10.7 Å². The summed E-state index contributed by atoms with van der Waals surface area (Å²) in [6, 6.07) is 3.91. The van der Waals surface area contributed by atoms with Gasteiger partial charge in [-0.15, -0.1) is 0 Å². The van der Waals surface area contributed by atoms with Crippen molar-refractivity contribution in [3.8, 4) is 0 Å². The van der Waals surface area contributed by atoms with Crippen molar-refractivity contribution < 1.29 is 12.8 Å². The topological polar surface area (TPSA) is 72.2 Å². The molecule has 1 aromatic rings. The largest absolute Gasteiger partial charge is 0.326 e. The molecule has 1 fully saturated rings. The van der Waals surface area contributed by atoms with Gasteiger partial charge in [0.15, 0.2) is 0 Å². The molecule has 0 amide bonds. The van der Waals surface area contributed by atoms with E-state index in [2.05, 4.69) is 4.72 Å². The predicted molar refractivity (Wildman–Crippen MR) is 75.0 cm³/mol. The molecule has 0 bridgehead atoms. The smallest absolute Gasteiger partial charge is 0.243 e. The molecule has 1 aromatic carbocycles. The quantitative estimate of drug-likeness (QED) is 0.834. The maximum atomic E-state index is 13.7. The normalized spacial score (nSPS) is 17.4. The van der Waals surface area contributed by atoms with Gasteiger partial charge >= 0.3 is 0 Å². The minimum absolute atomic E-state index is 0.00494. The second-order valence-electron chi connectivity index (χ2n) is 4.68. The molecule has 0 atom stereocenters. The Labute approximate surface area is 117 Å². The number of thioether (sulfide) groups is 1. The highest BCUT2D eigenvalue weighted by molar-refractivity contribution is 8.00. The van der Waals surface area contributed by atoms with Gasteiger partial charge in [-0.25, -0.2) is 17.5 Å². The van der Waals surface area contributed by atoms with E-state index in [4.69, 9.17) is 5.73 Å². The van der Waals surface area contributed by atoms with E-state index in [-0.39, 0.29) is 16.2 Å². The molecule has 0 heterocycles. The summed E-state index contributed by atoms with van der Waals surface area (Å²) in [5.41, 5.74) is 6.04. The number of nitrogens with two attached hydrogens (primary N) is 1. The number of sulfonamides is 1. The molecule has 4 nitrogen and oxygen atoms in total. The number of benzene rings is 1. The van der Waals surface area contributed by atoms with Crippen LogP contribution in [0.4, 0.5) is 4.39 Å². The van der Waals surface area contributed by atoms with E-state index in [9.17, 15) is 12.8 Å². The molecule has 0 unspecified atom stereocenters. The molecule has 2 rings (SSSR count). The first-order valence-electron chi connectivity index (χ1n) is 5.96. The zero-order valence-electron chi connectivity index (χ0n) is 10.6. The molecular weight excluding hydrogens is 287 g/mol. The van der Waals surface area contributed by atoms with E-state index < -0.39 is 15.8 Å². The molecule has 1 aliphatic carbocycles. The first kappa shape index (κ1) is 14.8. The van der Waals surface area contributed by atoms with Gasteiger partial charge in [0.25, 0.3) is 0 Å². The number of hydrogen-bond donors (Lipinski definition) is 2. The van der Waals surface area contributed by atoms with Crippen molar-refractivity contribution in [2.75, 3.05) is 12.8 Å². The molecule has 1 aliphatic rings. The fourth-order valence-electron chi connectivity index (χ4n) is 1.78. The van der Waals surface area contributed by atoms with E-state index in [1.807, 2.05) is 6.26 Å². The first-order valence-corrected chi connectivity index (χ1v) is 8.66. The number of halogens is 1. The summed E-state index contributed by atoms with van der Waals surface area (Å²) in [7, 11) is -3.82. The van der Waals surface area contributed by atoms with Crippen LogP contribution in [0.25, 0.3) is 0 Å². The van der Waals surface area contributed by atoms with Gasteiger partial charge in [-0.3, -0.25) is 0 Å². The van der Waals surface area contributed by atoms with Crippen LogP contribution in [-0.2, 0) is 16.6 Å². The maximum Gasteiger partial charge on any atom is 0.243 e. The van der Waals surface area contributed by atoms with Crippen LogP contribution in [-0.4, -0.2) is 26.0 Å². The van der Waals surface area contributed by atoms with Crippen LogP contribution in [0.3, 0.4) is 0 Å². The van der Waals surface area contributed by atoms with Gasteiger partial charge in [0, 0.05) is 17.8 Å². The summed E-state index contributed by atoms with van der Waals surface area (Å²) < 4.78 is 40.4. The van der Waals surface area contributed by atoms with Crippen LogP contribution in [0.15, 0.2) is 23.1 Å². The molecule has 19 heavy (non-hydrogen) atoms. The van der Waals surface area contributed by atoms with Gasteiger partial charge in [-0.05, 0) is 36.8 Å². The molecule has 106 valence electrons. The van der Waals surface area contributed by atoms with Crippen LogP contribution < -0.4 is 10.5 Å². The third kappa shape index (κ3) is 3.28. The molecule has 0 spiro atoms. The highest BCUT2D eigenvalue weighted by atomic mass is 32.2. The van der Waals surface area contributed by atoms with E-state index in [0.717, 1.165) is 18.9 Å². The third-order valence-electron chi connectivity index (χ3n) is 3.35. The van der Waals surface area contributed by atoms with E-state index >= 15 is 0 Å². The van der Waals surface area contributed by atoms with Crippen LogP contribution in [0, 0.1) is 5.82 Å². The van der Waals surface area contributed by atoms with Gasteiger partial charge in [0.2, 0.25) is 10.0 Å². The van der Waals surface area contributed by atoms with Crippen molar-refractivity contribution in [3.05, 3.63) is 29.6 Å². The molecule has 1 saturated carbocycles. The Morgan fingerprint density at radius 1 is 1.47 bits per heavy atom. The minimum Gasteiger partial charge on any atom is -0.326 e. The molecule has 0 aliphatic heterocycles. The highest BCUT2D eigenvalue weighted by Crippen LogP contribution is 2.46. The number of nitrogens with one attached hydrogen (secondary N) is 1. The lowest BCUT2D eigenvalue weighted by Gasteiger charge is -2.14. The molecular formula is C12H17FN2O2S2. The summed E-state index contributed by atoms with van der Waals surface area (Å²) in [4.78, 5) is -0.327. The summed E-state index contributed by atoms with van der Waals surface area (Å²) in [5.74, 6) is -0.751. The summed E-state index contributed by atoms with van der Waals surface area (Å²) >= 11 is 1.65. The van der Waals surface area contributed by atoms with Crippen molar-refractivity contribution in [2.24, 2.45) is 5.73 Å². The Morgan fingerprint density at radius 2 is 2.16 bits per heavy atom. The minimum atomic E-state index is -3.82. The Balaban J connectivity index is 2.19. The highest BCUT2D eigenvalue weighted by Gasteiger charge is 2.42. The van der Waals surface area contributed by atoms with Crippen LogP contribution >= 0.6 is 11.8 Å². The fourth-order valence-corrected chi connectivity index (χ4v) is 3.85. The van der Waals surface area contributed by atoms with Gasteiger partial charge < -0.3 is 5.73 Å². The lowest BCUT2D eigenvalue weighted by atomic mass is 10.2. The number of rotatable bonds is 6. The summed E-state index contributed by atoms with van der Waals surface area (Å²) in [5, 5.41) is 0. The van der Waals surface area contributed by atoms with Crippen molar-refractivity contribution in [3.63, 3.8) is 0 Å². The van der Waals surface area contributed by atoms with Crippen molar-refractivity contribution in [2.45, 2.75) is 29.0 Å². The van der Waals surface area contributed by atoms with E-state index in [0.29, 0.717) is 12.1 Å². The fraction of sp³-hybridized carbons (Fsp3) is 0.500. The zero-order chi connectivity index (χ0) is 14.1. The van der Waals surface area contributed by atoms with Gasteiger partial charge in [-0.2, -0.15) is 11.8 Å². The Bertz CT molecular complexity index is 571. The molecule has 0 saturated heterocycles. The second kappa shape index (κ2) is 5.40. The van der Waals surface area contributed by atoms with Crippen LogP contribution in [0.2, 0.25) is 0 Å². The monoisotopic (exact) mass is 304 g/mol. The lowest BCUT2D eigenvalue weighted by molar-refractivity contribution is 0.555. The molecule has 7 heteroatoms. The van der Waals surface area contributed by atoms with Crippen molar-refractivity contribution in [1.29, 1.82) is 0 Å². The van der Waals surface area contributed by atoms with Crippen molar-refractivity contribution in [1.82, 2.24) is 4.72 Å². The van der Waals surface area contributed by atoms with Crippen LogP contribution in [0.1, 0.15) is 18.4 Å². The van der Waals surface area contributed by atoms with Gasteiger partial charge in [0.05, 0.1) is 0 Å². The Morgan fingerprint density at radius 3 is 2.68 bits per heavy atom. The average Bonchev–Trinajstić information content (AvgIpc) is 3.18. The SMILES string of the molecule is CSC1(CNS(=O)(=O)c2cc(CN)ccc2F)CC1. The standard InChI is InChI=1S/C12H17FN2O2S2/c1-18-12(4-5-12)8-15-19(16,17)11-6-9(7-14)2-3-10(11)13/h2-3,6,15H,4-5,7-8,14H2,1H3. The average molecular weight is 304 g/mol. The van der Waals surface area contributed by atoms with Crippen LogP contribution in [0.5, 0.6) is 0 Å². The molecule has 0 radical (unpaired) electrons. The third-order valence-corrected chi connectivity index (χ3v) is 6.18. The second-order valence-corrected chi connectivity index (χ2v) is 7.69.